The molecule has 0 heterocycles. The van der Waals surface area contributed by atoms with E-state index in [-0.39, 0.29) is 23.7 Å². The first-order valence-corrected chi connectivity index (χ1v) is 11.1. The maximum Gasteiger partial charge on any atom is 0.311 e. The number of methoxy groups -OCH3 is 1. The molecule has 8 heteroatoms. The van der Waals surface area contributed by atoms with Gasteiger partial charge in [0.05, 0.1) is 12.5 Å². The first-order chi connectivity index (χ1) is 15.3. The number of phenolic OH excluding ortho intramolecular Hbond substituents is 1. The summed E-state index contributed by atoms with van der Waals surface area (Å²) in [6, 6.07) is 3.29. The van der Waals surface area contributed by atoms with Crippen molar-refractivity contribution in [2.45, 2.75) is 77.9 Å². The Kier molecular flexibility index (Phi) is 6.35. The van der Waals surface area contributed by atoms with Gasteiger partial charge in [-0.3, -0.25) is 19.2 Å². The molecule has 1 N–H and O–H groups in total. The number of esters is 3. The van der Waals surface area contributed by atoms with Crippen LogP contribution in [0.15, 0.2) is 12.1 Å². The predicted molar refractivity (Wildman–Crippen MR) is 118 cm³/mol. The minimum Gasteiger partial charge on any atom is -0.508 e. The molecule has 180 valence electrons. The lowest BCUT2D eigenvalue weighted by atomic mass is 9.47. The highest BCUT2D eigenvalue weighted by atomic mass is 16.6. The molecule has 0 aliphatic heterocycles. The number of hydrogen-bond acceptors (Lipinski definition) is 8. The van der Waals surface area contributed by atoms with E-state index in [0.717, 1.165) is 5.56 Å². The number of ketones is 1. The second kappa shape index (κ2) is 8.47. The maximum absolute atomic E-state index is 13.8. The van der Waals surface area contributed by atoms with Crippen LogP contribution in [0.25, 0.3) is 0 Å². The second-order valence-electron chi connectivity index (χ2n) is 9.82. The average molecular weight is 461 g/mol. The average Bonchev–Trinajstić information content (AvgIpc) is 2.72. The number of aromatic hydroxyl groups is 1. The van der Waals surface area contributed by atoms with E-state index >= 15 is 0 Å². The summed E-state index contributed by atoms with van der Waals surface area (Å²) >= 11 is 0. The van der Waals surface area contributed by atoms with Crippen LogP contribution < -0.4 is 0 Å². The van der Waals surface area contributed by atoms with Gasteiger partial charge in [0, 0.05) is 36.3 Å². The Morgan fingerprint density at radius 1 is 1.09 bits per heavy atom. The lowest BCUT2D eigenvalue weighted by Gasteiger charge is -2.57. The van der Waals surface area contributed by atoms with E-state index in [9.17, 15) is 24.3 Å². The number of Topliss-reactive ketones (excluding diaryl/α,β-unsaturated/α-hetero) is 1. The Morgan fingerprint density at radius 3 is 2.21 bits per heavy atom. The largest absolute Gasteiger partial charge is 0.508 e. The van der Waals surface area contributed by atoms with Gasteiger partial charge in [0.25, 0.3) is 0 Å². The van der Waals surface area contributed by atoms with Crippen molar-refractivity contribution in [3.05, 3.63) is 28.8 Å². The van der Waals surface area contributed by atoms with Gasteiger partial charge in [-0.1, -0.05) is 20.8 Å². The van der Waals surface area contributed by atoms with Crippen molar-refractivity contribution in [1.29, 1.82) is 0 Å². The molecule has 5 atom stereocenters. The highest BCUT2D eigenvalue weighted by Crippen LogP contribution is 2.60. The van der Waals surface area contributed by atoms with Gasteiger partial charge in [0.1, 0.15) is 11.9 Å². The third-order valence-electron chi connectivity index (χ3n) is 7.35. The van der Waals surface area contributed by atoms with Gasteiger partial charge in [0.15, 0.2) is 6.10 Å². The van der Waals surface area contributed by atoms with Crippen molar-refractivity contribution in [1.82, 2.24) is 0 Å². The summed E-state index contributed by atoms with van der Waals surface area (Å²) in [5, 5.41) is 11.2. The van der Waals surface area contributed by atoms with Gasteiger partial charge in [-0.05, 0) is 43.4 Å². The number of carbonyl (C=O) groups is 4. The Balaban J connectivity index is 2.41. The summed E-state index contributed by atoms with van der Waals surface area (Å²) in [6.45, 7) is 9.76. The van der Waals surface area contributed by atoms with Crippen LogP contribution in [-0.4, -0.2) is 48.1 Å². The van der Waals surface area contributed by atoms with Crippen molar-refractivity contribution in [2.75, 3.05) is 7.11 Å². The summed E-state index contributed by atoms with van der Waals surface area (Å²) in [5.41, 5.74) is -1.22. The van der Waals surface area contributed by atoms with Crippen molar-refractivity contribution < 1.29 is 38.5 Å². The quantitative estimate of drug-likeness (QED) is 0.537. The summed E-state index contributed by atoms with van der Waals surface area (Å²) in [7, 11) is 1.26. The molecule has 8 nitrogen and oxygen atoms in total. The fourth-order valence-electron chi connectivity index (χ4n) is 5.90. The zero-order valence-corrected chi connectivity index (χ0v) is 20.2. The maximum atomic E-state index is 13.8. The molecule has 0 bridgehead atoms. The number of carbonyl (C=O) groups excluding carboxylic acids is 4. The molecular weight excluding hydrogens is 428 g/mol. The molecule has 2 aliphatic rings. The Morgan fingerprint density at radius 2 is 1.70 bits per heavy atom. The van der Waals surface area contributed by atoms with E-state index in [4.69, 9.17) is 14.2 Å². The van der Waals surface area contributed by atoms with Crippen molar-refractivity contribution in [2.24, 2.45) is 11.3 Å². The molecule has 0 amide bonds. The van der Waals surface area contributed by atoms with Crippen LogP contribution in [0.1, 0.15) is 81.8 Å². The van der Waals surface area contributed by atoms with E-state index in [1.807, 2.05) is 13.8 Å². The molecule has 1 fully saturated rings. The fourth-order valence-corrected chi connectivity index (χ4v) is 5.90. The highest BCUT2D eigenvalue weighted by molar-refractivity contribution is 6.05. The molecule has 33 heavy (non-hydrogen) atoms. The monoisotopic (exact) mass is 460 g/mol. The number of rotatable bonds is 4. The number of phenols is 1. The zero-order valence-electron chi connectivity index (χ0n) is 20.2. The van der Waals surface area contributed by atoms with Crippen LogP contribution in [0, 0.1) is 11.3 Å². The summed E-state index contributed by atoms with van der Waals surface area (Å²) in [4.78, 5) is 50.9. The topological polar surface area (TPSA) is 116 Å². The Bertz CT molecular complexity index is 1010. The smallest absolute Gasteiger partial charge is 0.311 e. The van der Waals surface area contributed by atoms with Crippen molar-refractivity contribution in [3.63, 3.8) is 0 Å². The van der Waals surface area contributed by atoms with E-state index in [1.165, 1.54) is 21.0 Å². The summed E-state index contributed by atoms with van der Waals surface area (Å²) in [6.07, 6.45) is -1.55. The van der Waals surface area contributed by atoms with Gasteiger partial charge in [-0.2, -0.15) is 0 Å². The predicted octanol–water partition coefficient (Wildman–Crippen LogP) is 3.42. The van der Waals surface area contributed by atoms with E-state index in [1.54, 1.807) is 26.0 Å². The molecule has 1 aromatic rings. The zero-order chi connectivity index (χ0) is 24.9. The lowest BCUT2D eigenvalue weighted by molar-refractivity contribution is -0.187. The molecule has 0 spiro atoms. The van der Waals surface area contributed by atoms with Crippen LogP contribution in [-0.2, 0) is 34.0 Å². The molecule has 0 radical (unpaired) electrons. The van der Waals surface area contributed by atoms with Crippen molar-refractivity contribution in [3.8, 4) is 5.75 Å². The Hall–Kier alpha value is -2.90. The van der Waals surface area contributed by atoms with Crippen LogP contribution >= 0.6 is 0 Å². The minimum absolute atomic E-state index is 0.0164. The molecule has 3 rings (SSSR count). The lowest BCUT2D eigenvalue weighted by Crippen LogP contribution is -2.66. The van der Waals surface area contributed by atoms with Crippen LogP contribution in [0.4, 0.5) is 0 Å². The van der Waals surface area contributed by atoms with Gasteiger partial charge < -0.3 is 19.3 Å². The normalized spacial score (nSPS) is 30.8. The number of hydrogen-bond donors (Lipinski definition) is 1. The minimum atomic E-state index is -1.32. The molecule has 1 aromatic carbocycles. The second-order valence-corrected chi connectivity index (χ2v) is 9.82. The summed E-state index contributed by atoms with van der Waals surface area (Å²) < 4.78 is 16.4. The van der Waals surface area contributed by atoms with E-state index < -0.39 is 52.6 Å². The summed E-state index contributed by atoms with van der Waals surface area (Å²) in [5.74, 6) is -3.30. The third kappa shape index (κ3) is 3.79. The number of fused-ring (bicyclic) bond motifs is 3. The molecule has 0 saturated heterocycles. The van der Waals surface area contributed by atoms with Crippen LogP contribution in [0.2, 0.25) is 0 Å². The molecule has 0 aromatic heterocycles. The van der Waals surface area contributed by atoms with Crippen LogP contribution in [0.5, 0.6) is 5.75 Å². The molecular formula is C25H32O8. The van der Waals surface area contributed by atoms with Gasteiger partial charge >= 0.3 is 17.9 Å². The standard InChI is InChI=1S/C25H32O8/c1-12(2)15-10-16-19(17(28)11-15)25(6)18(32-13(3)26)8-9-24(5,23(30)31-7)22(25)21(20(16)29)33-14(4)27/h10-12,18,21-22,28H,8-9H2,1-7H3/t18-,21+,22-,24+,25+/m0/s1. The highest BCUT2D eigenvalue weighted by Gasteiger charge is 2.67. The molecule has 1 saturated carbocycles. The SMILES string of the molecule is COC(=O)[C@]1(C)CC[C@H](OC(C)=O)[C@]2(C)c3c(O)cc(C(C)C)cc3C(=O)[C@@H](OC(C)=O)[C@H]21. The Labute approximate surface area is 193 Å². The first-order valence-electron chi connectivity index (χ1n) is 11.1. The van der Waals surface area contributed by atoms with Gasteiger partial charge in [0.2, 0.25) is 5.78 Å². The van der Waals surface area contributed by atoms with Gasteiger partial charge in [-0.25, -0.2) is 0 Å². The first kappa shape index (κ1) is 24.7. The van der Waals surface area contributed by atoms with Gasteiger partial charge in [-0.15, -0.1) is 0 Å². The third-order valence-corrected chi connectivity index (χ3v) is 7.35. The number of benzene rings is 1. The number of ether oxygens (including phenoxy) is 3. The molecule has 2 aliphatic carbocycles. The van der Waals surface area contributed by atoms with E-state index in [2.05, 4.69) is 0 Å². The van der Waals surface area contributed by atoms with Crippen molar-refractivity contribution >= 4 is 23.7 Å². The van der Waals surface area contributed by atoms with E-state index in [0.29, 0.717) is 12.0 Å². The van der Waals surface area contributed by atoms with Crippen LogP contribution in [0.3, 0.4) is 0 Å². The molecule has 0 unspecified atom stereocenters. The fraction of sp³-hybridized carbons (Fsp3) is 0.600.